The van der Waals surface area contributed by atoms with Crippen molar-refractivity contribution in [3.63, 3.8) is 0 Å². The zero-order chi connectivity index (χ0) is 14.1. The molecule has 2 aliphatic rings. The van der Waals surface area contributed by atoms with Crippen molar-refractivity contribution >= 4 is 16.9 Å². The predicted molar refractivity (Wildman–Crippen MR) is 79.5 cm³/mol. The van der Waals surface area contributed by atoms with Crippen LogP contribution in [0, 0.1) is 0 Å². The maximum atomic E-state index is 5.42. The SMILES string of the molecule is c1nc(N2CCOCC2)c2cnn(C3CCNCC3)c2n1. The number of piperidine rings is 1. The van der Waals surface area contributed by atoms with Crippen molar-refractivity contribution in [2.45, 2.75) is 18.9 Å². The normalized spacial score (nSPS) is 21.0. The predicted octanol–water partition coefficient (Wildman–Crippen LogP) is 0.587. The van der Waals surface area contributed by atoms with Gasteiger partial charge in [-0.1, -0.05) is 0 Å². The van der Waals surface area contributed by atoms with E-state index in [-0.39, 0.29) is 0 Å². The third-order valence-electron chi connectivity index (χ3n) is 4.34. The Kier molecular flexibility index (Phi) is 3.44. The summed E-state index contributed by atoms with van der Waals surface area (Å²) in [4.78, 5) is 11.2. The van der Waals surface area contributed by atoms with E-state index >= 15 is 0 Å². The minimum Gasteiger partial charge on any atom is -0.378 e. The van der Waals surface area contributed by atoms with E-state index in [2.05, 4.69) is 30.0 Å². The lowest BCUT2D eigenvalue weighted by atomic mass is 10.1. The molecule has 112 valence electrons. The molecule has 0 saturated carbocycles. The summed E-state index contributed by atoms with van der Waals surface area (Å²) >= 11 is 0. The molecule has 2 aromatic heterocycles. The summed E-state index contributed by atoms with van der Waals surface area (Å²) in [7, 11) is 0. The van der Waals surface area contributed by atoms with Gasteiger partial charge in [-0.15, -0.1) is 0 Å². The van der Waals surface area contributed by atoms with E-state index in [9.17, 15) is 0 Å². The minimum absolute atomic E-state index is 0.441. The van der Waals surface area contributed by atoms with Crippen molar-refractivity contribution in [1.29, 1.82) is 0 Å². The molecule has 0 aliphatic carbocycles. The summed E-state index contributed by atoms with van der Waals surface area (Å²) in [6.45, 7) is 5.37. The Morgan fingerprint density at radius 2 is 1.95 bits per heavy atom. The van der Waals surface area contributed by atoms with Gasteiger partial charge in [-0.2, -0.15) is 5.10 Å². The molecule has 1 N–H and O–H groups in total. The van der Waals surface area contributed by atoms with Gasteiger partial charge in [0.2, 0.25) is 0 Å². The molecule has 0 spiro atoms. The van der Waals surface area contributed by atoms with E-state index in [4.69, 9.17) is 4.74 Å². The summed E-state index contributed by atoms with van der Waals surface area (Å²) in [5, 5.41) is 9.05. The molecule has 4 heterocycles. The van der Waals surface area contributed by atoms with Crippen LogP contribution in [-0.2, 0) is 4.74 Å². The average Bonchev–Trinajstić information content (AvgIpc) is 3.00. The van der Waals surface area contributed by atoms with Crippen molar-refractivity contribution in [3.8, 4) is 0 Å². The topological polar surface area (TPSA) is 68.1 Å². The van der Waals surface area contributed by atoms with Gasteiger partial charge in [0.05, 0.1) is 30.8 Å². The van der Waals surface area contributed by atoms with Crippen molar-refractivity contribution in [1.82, 2.24) is 25.1 Å². The highest BCUT2D eigenvalue weighted by Gasteiger charge is 2.22. The molecular formula is C14H20N6O. The molecular weight excluding hydrogens is 268 g/mol. The lowest BCUT2D eigenvalue weighted by Gasteiger charge is -2.28. The molecule has 2 saturated heterocycles. The molecule has 21 heavy (non-hydrogen) atoms. The van der Waals surface area contributed by atoms with Crippen LogP contribution in [0.5, 0.6) is 0 Å². The number of nitrogens with one attached hydrogen (secondary N) is 1. The van der Waals surface area contributed by atoms with E-state index in [1.807, 2.05) is 6.20 Å². The van der Waals surface area contributed by atoms with Crippen LogP contribution in [0.2, 0.25) is 0 Å². The highest BCUT2D eigenvalue weighted by atomic mass is 16.5. The van der Waals surface area contributed by atoms with Crippen molar-refractivity contribution in [2.75, 3.05) is 44.3 Å². The van der Waals surface area contributed by atoms with Crippen LogP contribution in [0.1, 0.15) is 18.9 Å². The fraction of sp³-hybridized carbons (Fsp3) is 0.643. The van der Waals surface area contributed by atoms with E-state index in [1.54, 1.807) is 6.33 Å². The zero-order valence-electron chi connectivity index (χ0n) is 12.0. The van der Waals surface area contributed by atoms with E-state index < -0.39 is 0 Å². The van der Waals surface area contributed by atoms with Gasteiger partial charge in [-0.05, 0) is 25.9 Å². The van der Waals surface area contributed by atoms with Gasteiger partial charge in [0.1, 0.15) is 12.1 Å². The Labute approximate surface area is 123 Å². The Bertz CT molecular complexity index is 615. The van der Waals surface area contributed by atoms with Crippen LogP contribution < -0.4 is 10.2 Å². The quantitative estimate of drug-likeness (QED) is 0.872. The number of rotatable bonds is 2. The van der Waals surface area contributed by atoms with Crippen LogP contribution in [0.4, 0.5) is 5.82 Å². The van der Waals surface area contributed by atoms with Gasteiger partial charge < -0.3 is 15.0 Å². The Morgan fingerprint density at radius 1 is 1.14 bits per heavy atom. The second kappa shape index (κ2) is 5.57. The molecule has 2 aliphatic heterocycles. The smallest absolute Gasteiger partial charge is 0.163 e. The molecule has 2 fully saturated rings. The average molecular weight is 288 g/mol. The standard InChI is InChI=1S/C14H20N6O/c1-3-15-4-2-11(1)20-14-12(9-18-20)13(16-10-17-14)19-5-7-21-8-6-19/h9-11,15H,1-8H2. The van der Waals surface area contributed by atoms with E-state index in [1.165, 1.54) is 0 Å². The Balaban J connectivity index is 1.71. The molecule has 0 bridgehead atoms. The number of fused-ring (bicyclic) bond motifs is 1. The molecule has 0 aromatic carbocycles. The van der Waals surface area contributed by atoms with Gasteiger partial charge in [0, 0.05) is 13.1 Å². The second-order valence-corrected chi connectivity index (χ2v) is 5.60. The molecule has 4 rings (SSSR count). The number of ether oxygens (including phenoxy) is 1. The van der Waals surface area contributed by atoms with Gasteiger partial charge in [0.15, 0.2) is 5.65 Å². The fourth-order valence-electron chi connectivity index (χ4n) is 3.20. The van der Waals surface area contributed by atoms with E-state index in [0.29, 0.717) is 6.04 Å². The first-order chi connectivity index (χ1) is 10.4. The fourth-order valence-corrected chi connectivity index (χ4v) is 3.20. The molecule has 0 radical (unpaired) electrons. The Morgan fingerprint density at radius 3 is 2.76 bits per heavy atom. The lowest BCUT2D eigenvalue weighted by Crippen LogP contribution is -2.36. The van der Waals surface area contributed by atoms with Gasteiger partial charge in [0.25, 0.3) is 0 Å². The van der Waals surface area contributed by atoms with Gasteiger partial charge in [-0.25, -0.2) is 14.6 Å². The van der Waals surface area contributed by atoms with Crippen LogP contribution in [0.3, 0.4) is 0 Å². The summed E-state index contributed by atoms with van der Waals surface area (Å²) in [5.74, 6) is 0.989. The monoisotopic (exact) mass is 288 g/mol. The summed E-state index contributed by atoms with van der Waals surface area (Å²) in [6, 6.07) is 0.441. The summed E-state index contributed by atoms with van der Waals surface area (Å²) in [6.07, 6.45) is 5.79. The molecule has 7 heteroatoms. The minimum atomic E-state index is 0.441. The summed E-state index contributed by atoms with van der Waals surface area (Å²) in [5.41, 5.74) is 0.957. The second-order valence-electron chi connectivity index (χ2n) is 5.60. The van der Waals surface area contributed by atoms with Crippen molar-refractivity contribution in [2.24, 2.45) is 0 Å². The highest BCUT2D eigenvalue weighted by molar-refractivity contribution is 5.86. The first kappa shape index (κ1) is 13.0. The number of aromatic nitrogens is 4. The number of hydrogen-bond donors (Lipinski definition) is 1. The maximum Gasteiger partial charge on any atom is 0.163 e. The lowest BCUT2D eigenvalue weighted by molar-refractivity contribution is 0.122. The van der Waals surface area contributed by atoms with Crippen LogP contribution in [0.25, 0.3) is 11.0 Å². The largest absolute Gasteiger partial charge is 0.378 e. The Hall–Kier alpha value is -1.73. The number of morpholine rings is 1. The van der Waals surface area contributed by atoms with Gasteiger partial charge >= 0.3 is 0 Å². The van der Waals surface area contributed by atoms with Crippen molar-refractivity contribution in [3.05, 3.63) is 12.5 Å². The highest BCUT2D eigenvalue weighted by Crippen LogP contribution is 2.27. The number of hydrogen-bond acceptors (Lipinski definition) is 6. The van der Waals surface area contributed by atoms with Crippen LogP contribution in [-0.4, -0.2) is 59.1 Å². The van der Waals surface area contributed by atoms with Crippen LogP contribution in [0.15, 0.2) is 12.5 Å². The third-order valence-corrected chi connectivity index (χ3v) is 4.34. The number of anilines is 1. The number of nitrogens with zero attached hydrogens (tertiary/aromatic N) is 5. The molecule has 7 nitrogen and oxygen atoms in total. The molecule has 0 atom stereocenters. The van der Waals surface area contributed by atoms with Crippen molar-refractivity contribution < 1.29 is 4.74 Å². The third kappa shape index (κ3) is 2.36. The van der Waals surface area contributed by atoms with Crippen LogP contribution >= 0.6 is 0 Å². The summed E-state index contributed by atoms with van der Waals surface area (Å²) < 4.78 is 7.51. The first-order valence-corrected chi connectivity index (χ1v) is 7.65. The van der Waals surface area contributed by atoms with Gasteiger partial charge in [-0.3, -0.25) is 0 Å². The molecule has 0 amide bonds. The molecule has 0 unspecified atom stereocenters. The maximum absolute atomic E-state index is 5.42. The first-order valence-electron chi connectivity index (χ1n) is 7.65. The zero-order valence-corrected chi connectivity index (χ0v) is 12.0. The van der Waals surface area contributed by atoms with E-state index in [0.717, 1.165) is 69.1 Å². The molecule has 2 aromatic rings.